The molecule has 0 spiro atoms. The Balaban J connectivity index is 1.62. The third-order valence-electron chi connectivity index (χ3n) is 4.45. The van der Waals surface area contributed by atoms with Gasteiger partial charge in [-0.15, -0.1) is 0 Å². The molecule has 2 aromatic carbocycles. The van der Waals surface area contributed by atoms with E-state index in [0.717, 1.165) is 19.5 Å². The molecule has 1 aliphatic heterocycles. The summed E-state index contributed by atoms with van der Waals surface area (Å²) in [5.41, 5.74) is 1.53. The summed E-state index contributed by atoms with van der Waals surface area (Å²) in [6.07, 6.45) is 0.879. The van der Waals surface area contributed by atoms with Crippen LogP contribution in [0.1, 0.15) is 17.5 Å². The Morgan fingerprint density at radius 2 is 2.08 bits per heavy atom. The number of hydrogen-bond acceptors (Lipinski definition) is 5. The third kappa shape index (κ3) is 4.12. The maximum atomic E-state index is 13.8. The number of nitro benzene ring substituents is 1. The average molecular weight is 345 g/mol. The van der Waals surface area contributed by atoms with Gasteiger partial charge in [0.05, 0.1) is 17.1 Å². The van der Waals surface area contributed by atoms with Gasteiger partial charge in [0.25, 0.3) is 5.69 Å². The van der Waals surface area contributed by atoms with Crippen LogP contribution in [0.15, 0.2) is 42.5 Å². The van der Waals surface area contributed by atoms with Crippen molar-refractivity contribution < 1.29 is 14.4 Å². The van der Waals surface area contributed by atoms with E-state index in [1.165, 1.54) is 12.1 Å². The highest BCUT2D eigenvalue weighted by molar-refractivity contribution is 5.55. The zero-order valence-electron chi connectivity index (χ0n) is 13.7. The minimum Gasteiger partial charge on any atom is -0.391 e. The minimum atomic E-state index is -0.490. The van der Waals surface area contributed by atoms with Gasteiger partial charge in [-0.05, 0) is 24.6 Å². The molecule has 0 saturated carbocycles. The number of rotatable bonds is 6. The predicted octanol–water partition coefficient (Wildman–Crippen LogP) is 2.91. The smallest absolute Gasteiger partial charge is 0.276 e. The normalized spacial score (nSPS) is 17.6. The van der Waals surface area contributed by atoms with E-state index in [1.807, 2.05) is 6.07 Å². The first-order chi connectivity index (χ1) is 12.1. The van der Waals surface area contributed by atoms with Crippen molar-refractivity contribution in [3.05, 3.63) is 69.5 Å². The maximum absolute atomic E-state index is 13.8. The van der Waals surface area contributed by atoms with Gasteiger partial charge in [0.15, 0.2) is 0 Å². The molecule has 132 valence electrons. The first-order valence-electron chi connectivity index (χ1n) is 8.17. The lowest BCUT2D eigenvalue weighted by Crippen LogP contribution is -2.26. The molecular weight excluding hydrogens is 325 g/mol. The number of nitrogens with zero attached hydrogens (tertiary/aromatic N) is 2. The van der Waals surface area contributed by atoms with Crippen molar-refractivity contribution in [1.29, 1.82) is 0 Å². The van der Waals surface area contributed by atoms with Crippen molar-refractivity contribution in [1.82, 2.24) is 4.90 Å². The molecule has 0 aromatic heterocycles. The second-order valence-electron chi connectivity index (χ2n) is 6.22. The van der Waals surface area contributed by atoms with Gasteiger partial charge in [0.1, 0.15) is 5.82 Å². The van der Waals surface area contributed by atoms with E-state index in [1.54, 1.807) is 24.3 Å². The molecule has 25 heavy (non-hydrogen) atoms. The number of aliphatic hydroxyl groups excluding tert-OH is 1. The first kappa shape index (κ1) is 17.3. The molecule has 7 heteroatoms. The maximum Gasteiger partial charge on any atom is 0.276 e. The highest BCUT2D eigenvalue weighted by Gasteiger charge is 2.24. The lowest BCUT2D eigenvalue weighted by Gasteiger charge is -2.18. The Kier molecular flexibility index (Phi) is 5.25. The summed E-state index contributed by atoms with van der Waals surface area (Å²) in [7, 11) is 0. The summed E-state index contributed by atoms with van der Waals surface area (Å²) < 4.78 is 13.8. The number of nitrogens with one attached hydrogen (secondary N) is 1. The van der Waals surface area contributed by atoms with Gasteiger partial charge in [-0.25, -0.2) is 4.39 Å². The van der Waals surface area contributed by atoms with Crippen LogP contribution in [-0.2, 0) is 13.2 Å². The van der Waals surface area contributed by atoms with Gasteiger partial charge in [0, 0.05) is 43.0 Å². The van der Waals surface area contributed by atoms with Gasteiger partial charge in [-0.1, -0.05) is 18.2 Å². The number of benzene rings is 2. The van der Waals surface area contributed by atoms with Crippen LogP contribution in [0.5, 0.6) is 0 Å². The summed E-state index contributed by atoms with van der Waals surface area (Å²) in [6.45, 7) is 1.76. The van der Waals surface area contributed by atoms with Crippen molar-refractivity contribution in [2.45, 2.75) is 25.6 Å². The highest BCUT2D eigenvalue weighted by Crippen LogP contribution is 2.25. The molecule has 1 fully saturated rings. The molecule has 0 radical (unpaired) electrons. The van der Waals surface area contributed by atoms with Crippen molar-refractivity contribution >= 4 is 11.4 Å². The Labute approximate surface area is 145 Å². The van der Waals surface area contributed by atoms with Gasteiger partial charge in [-0.3, -0.25) is 15.0 Å². The van der Waals surface area contributed by atoms with Gasteiger partial charge in [0.2, 0.25) is 0 Å². The van der Waals surface area contributed by atoms with Crippen LogP contribution in [0, 0.1) is 15.9 Å². The van der Waals surface area contributed by atoms with Crippen molar-refractivity contribution in [2.75, 3.05) is 18.4 Å². The Hall–Kier alpha value is -2.51. The second kappa shape index (κ2) is 7.58. The largest absolute Gasteiger partial charge is 0.391 e. The summed E-state index contributed by atoms with van der Waals surface area (Å²) in [6, 6.07) is 11.6. The molecule has 0 bridgehead atoms. The zero-order chi connectivity index (χ0) is 17.8. The monoisotopic (exact) mass is 345 g/mol. The lowest BCUT2D eigenvalue weighted by atomic mass is 10.1. The van der Waals surface area contributed by atoms with Gasteiger partial charge < -0.3 is 10.4 Å². The second-order valence-corrected chi connectivity index (χ2v) is 6.22. The molecule has 6 nitrogen and oxygen atoms in total. The van der Waals surface area contributed by atoms with Crippen LogP contribution in [-0.4, -0.2) is 34.1 Å². The van der Waals surface area contributed by atoms with Gasteiger partial charge in [-0.2, -0.15) is 0 Å². The van der Waals surface area contributed by atoms with Gasteiger partial charge >= 0.3 is 0 Å². The number of likely N-dealkylation sites (tertiary alicyclic amines) is 1. The number of nitro groups is 1. The topological polar surface area (TPSA) is 78.6 Å². The molecule has 1 saturated heterocycles. The van der Waals surface area contributed by atoms with E-state index in [2.05, 4.69) is 10.2 Å². The van der Waals surface area contributed by atoms with E-state index < -0.39 is 4.92 Å². The third-order valence-corrected chi connectivity index (χ3v) is 4.45. The van der Waals surface area contributed by atoms with E-state index in [4.69, 9.17) is 0 Å². The van der Waals surface area contributed by atoms with Crippen LogP contribution in [0.3, 0.4) is 0 Å². The van der Waals surface area contributed by atoms with Crippen LogP contribution in [0.4, 0.5) is 15.8 Å². The molecular formula is C18H20FN3O3. The highest BCUT2D eigenvalue weighted by atomic mass is 19.1. The van der Waals surface area contributed by atoms with E-state index in [-0.39, 0.29) is 24.2 Å². The summed E-state index contributed by atoms with van der Waals surface area (Å²) >= 11 is 0. The fraction of sp³-hybridized carbons (Fsp3) is 0.333. The molecule has 0 aliphatic carbocycles. The van der Waals surface area contributed by atoms with E-state index in [0.29, 0.717) is 23.4 Å². The Morgan fingerprint density at radius 3 is 2.80 bits per heavy atom. The number of anilines is 1. The fourth-order valence-electron chi connectivity index (χ4n) is 3.15. The first-order valence-corrected chi connectivity index (χ1v) is 8.17. The minimum absolute atomic E-state index is 0.0892. The number of aliphatic hydroxyl groups is 1. The summed E-state index contributed by atoms with van der Waals surface area (Å²) in [4.78, 5) is 12.7. The quantitative estimate of drug-likeness (QED) is 0.622. The Bertz CT molecular complexity index is 769. The van der Waals surface area contributed by atoms with Crippen molar-refractivity contribution in [2.24, 2.45) is 0 Å². The lowest BCUT2D eigenvalue weighted by molar-refractivity contribution is -0.385. The summed E-state index contributed by atoms with van der Waals surface area (Å²) in [5.74, 6) is -0.200. The van der Waals surface area contributed by atoms with Crippen molar-refractivity contribution in [3.8, 4) is 0 Å². The predicted molar refractivity (Wildman–Crippen MR) is 92.7 cm³/mol. The molecule has 3 rings (SSSR count). The fourth-order valence-corrected chi connectivity index (χ4v) is 3.15. The molecule has 1 atom stereocenters. The molecule has 2 N–H and O–H groups in total. The average Bonchev–Trinajstić information content (AvgIpc) is 3.04. The van der Waals surface area contributed by atoms with Crippen LogP contribution < -0.4 is 5.32 Å². The van der Waals surface area contributed by atoms with Crippen LogP contribution >= 0.6 is 0 Å². The van der Waals surface area contributed by atoms with Crippen LogP contribution in [0.2, 0.25) is 0 Å². The zero-order valence-corrected chi connectivity index (χ0v) is 13.7. The van der Waals surface area contributed by atoms with Crippen molar-refractivity contribution in [3.63, 3.8) is 0 Å². The Morgan fingerprint density at radius 1 is 1.28 bits per heavy atom. The molecule has 0 amide bonds. The molecule has 1 heterocycles. The number of halogens is 1. The van der Waals surface area contributed by atoms with E-state index >= 15 is 0 Å². The standard InChI is InChI=1S/C18H20FN3O3/c19-17-4-2-1-3-13(17)10-21-8-7-16(11-21)20-15-6-5-14(12-23)18(9-15)22(24)25/h1-6,9,16,20,23H,7-8,10-12H2. The number of hydrogen-bond donors (Lipinski definition) is 2. The molecule has 1 aliphatic rings. The molecule has 2 aromatic rings. The van der Waals surface area contributed by atoms with Crippen LogP contribution in [0.25, 0.3) is 0 Å². The SMILES string of the molecule is O=[N+]([O-])c1cc(NC2CCN(Cc3ccccc3F)C2)ccc1CO. The molecule has 1 unspecified atom stereocenters. The van der Waals surface area contributed by atoms with E-state index in [9.17, 15) is 19.6 Å². The summed E-state index contributed by atoms with van der Waals surface area (Å²) in [5, 5.41) is 23.6.